The molecule has 0 aromatic heterocycles. The fourth-order valence-corrected chi connectivity index (χ4v) is 4.56. The van der Waals surface area contributed by atoms with Crippen LogP contribution in [0.3, 0.4) is 0 Å². The molecule has 2 rings (SSSR count). The summed E-state index contributed by atoms with van der Waals surface area (Å²) in [4.78, 5) is 14.0. The van der Waals surface area contributed by atoms with E-state index in [1.807, 2.05) is 11.8 Å². The molecule has 0 aromatic carbocycles. The largest absolute Gasteiger partial charge is 0.351 e. The van der Waals surface area contributed by atoms with Gasteiger partial charge in [0, 0.05) is 45.8 Å². The van der Waals surface area contributed by atoms with Gasteiger partial charge >= 0.3 is 0 Å². The summed E-state index contributed by atoms with van der Waals surface area (Å²) in [5.41, 5.74) is 0. The van der Waals surface area contributed by atoms with E-state index >= 15 is 0 Å². The molecule has 0 spiro atoms. The van der Waals surface area contributed by atoms with Gasteiger partial charge in [-0.25, -0.2) is 0 Å². The summed E-state index contributed by atoms with van der Waals surface area (Å²) in [6.07, 6.45) is 3.53. The van der Waals surface area contributed by atoms with Gasteiger partial charge in [0.2, 0.25) is 5.91 Å². The third-order valence-electron chi connectivity index (χ3n) is 4.34. The maximum absolute atomic E-state index is 12.5. The van der Waals surface area contributed by atoms with Crippen molar-refractivity contribution in [1.29, 1.82) is 0 Å². The van der Waals surface area contributed by atoms with Crippen LogP contribution in [0.1, 0.15) is 19.8 Å². The third-order valence-corrected chi connectivity index (χ3v) is 6.37. The van der Waals surface area contributed by atoms with Crippen molar-refractivity contribution < 1.29 is 13.2 Å². The SMILES string of the molecule is C=CCNC(=O)[C@@H](C)N1CCN(S(=O)(=O)N2CCCC2)CC1. The number of hydrogen-bond donors (Lipinski definition) is 1. The highest BCUT2D eigenvalue weighted by Gasteiger charge is 2.35. The van der Waals surface area contributed by atoms with Gasteiger partial charge in [-0.2, -0.15) is 17.0 Å². The summed E-state index contributed by atoms with van der Waals surface area (Å²) in [6, 6.07) is -0.253. The molecule has 7 nitrogen and oxygen atoms in total. The molecule has 126 valence electrons. The van der Waals surface area contributed by atoms with Gasteiger partial charge in [0.25, 0.3) is 10.2 Å². The van der Waals surface area contributed by atoms with Crippen LogP contribution in [-0.2, 0) is 15.0 Å². The molecular weight excluding hydrogens is 304 g/mol. The molecule has 2 aliphatic rings. The standard InChI is InChI=1S/C14H26N4O3S/c1-3-6-15-14(19)13(2)16-9-11-18(12-10-16)22(20,21)17-7-4-5-8-17/h3,13H,1,4-12H2,2H3,(H,15,19)/t13-/m1/s1. The molecule has 0 bridgehead atoms. The van der Waals surface area contributed by atoms with Crippen LogP contribution in [0.25, 0.3) is 0 Å². The van der Waals surface area contributed by atoms with E-state index in [0.29, 0.717) is 45.8 Å². The molecule has 1 N–H and O–H groups in total. The molecule has 1 atom stereocenters. The molecule has 0 saturated carbocycles. The molecular formula is C14H26N4O3S. The summed E-state index contributed by atoms with van der Waals surface area (Å²) in [5.74, 6) is -0.0456. The summed E-state index contributed by atoms with van der Waals surface area (Å²) < 4.78 is 28.1. The van der Waals surface area contributed by atoms with E-state index in [0.717, 1.165) is 12.8 Å². The number of rotatable bonds is 6. The van der Waals surface area contributed by atoms with Gasteiger partial charge < -0.3 is 5.32 Å². The zero-order valence-electron chi connectivity index (χ0n) is 13.2. The van der Waals surface area contributed by atoms with Gasteiger partial charge in [-0.1, -0.05) is 6.08 Å². The Morgan fingerprint density at radius 3 is 2.23 bits per heavy atom. The van der Waals surface area contributed by atoms with Crippen LogP contribution in [-0.4, -0.2) is 79.7 Å². The van der Waals surface area contributed by atoms with Crippen LogP contribution in [0, 0.1) is 0 Å². The first-order valence-electron chi connectivity index (χ1n) is 7.84. The fraction of sp³-hybridized carbons (Fsp3) is 0.786. The monoisotopic (exact) mass is 330 g/mol. The van der Waals surface area contributed by atoms with E-state index in [2.05, 4.69) is 11.9 Å². The third kappa shape index (κ3) is 3.87. The highest BCUT2D eigenvalue weighted by molar-refractivity contribution is 7.86. The Bertz CT molecular complexity index is 494. The summed E-state index contributed by atoms with van der Waals surface area (Å²) in [6.45, 7) is 9.17. The maximum atomic E-state index is 12.5. The van der Waals surface area contributed by atoms with Crippen molar-refractivity contribution in [2.75, 3.05) is 45.8 Å². The van der Waals surface area contributed by atoms with Crippen LogP contribution < -0.4 is 5.32 Å². The quantitative estimate of drug-likeness (QED) is 0.675. The maximum Gasteiger partial charge on any atom is 0.282 e. The van der Waals surface area contributed by atoms with Crippen molar-refractivity contribution in [3.8, 4) is 0 Å². The first-order valence-corrected chi connectivity index (χ1v) is 9.24. The van der Waals surface area contributed by atoms with E-state index in [9.17, 15) is 13.2 Å². The van der Waals surface area contributed by atoms with E-state index in [1.54, 1.807) is 14.7 Å². The molecule has 2 aliphatic heterocycles. The predicted molar refractivity (Wildman–Crippen MR) is 85.5 cm³/mol. The lowest BCUT2D eigenvalue weighted by Gasteiger charge is -2.38. The normalized spacial score (nSPS) is 23.3. The number of carbonyl (C=O) groups is 1. The molecule has 2 fully saturated rings. The van der Waals surface area contributed by atoms with Gasteiger partial charge in [0.05, 0.1) is 6.04 Å². The molecule has 1 amide bonds. The smallest absolute Gasteiger partial charge is 0.282 e. The molecule has 0 radical (unpaired) electrons. The Kier molecular flexibility index (Phi) is 5.96. The average Bonchev–Trinajstić information content (AvgIpc) is 3.07. The lowest BCUT2D eigenvalue weighted by atomic mass is 10.2. The summed E-state index contributed by atoms with van der Waals surface area (Å²) in [7, 11) is -3.32. The highest BCUT2D eigenvalue weighted by Crippen LogP contribution is 2.18. The number of hydrogen-bond acceptors (Lipinski definition) is 4. The van der Waals surface area contributed by atoms with Crippen molar-refractivity contribution in [2.24, 2.45) is 0 Å². The van der Waals surface area contributed by atoms with Crippen molar-refractivity contribution in [3.63, 3.8) is 0 Å². The Balaban J connectivity index is 1.87. The van der Waals surface area contributed by atoms with E-state index < -0.39 is 10.2 Å². The molecule has 8 heteroatoms. The van der Waals surface area contributed by atoms with Crippen LogP contribution in [0.15, 0.2) is 12.7 Å². The zero-order chi connectivity index (χ0) is 16.2. The van der Waals surface area contributed by atoms with Gasteiger partial charge in [0.1, 0.15) is 0 Å². The predicted octanol–water partition coefficient (Wildman–Crippen LogP) is -0.365. The number of piperazine rings is 1. The van der Waals surface area contributed by atoms with E-state index in [4.69, 9.17) is 0 Å². The Morgan fingerprint density at radius 1 is 1.14 bits per heavy atom. The second-order valence-electron chi connectivity index (χ2n) is 5.76. The van der Waals surface area contributed by atoms with Crippen molar-refractivity contribution in [1.82, 2.24) is 18.8 Å². The van der Waals surface area contributed by atoms with Crippen LogP contribution in [0.5, 0.6) is 0 Å². The van der Waals surface area contributed by atoms with Gasteiger partial charge in [-0.05, 0) is 19.8 Å². The first-order chi connectivity index (χ1) is 10.5. The number of nitrogens with one attached hydrogen (secondary N) is 1. The van der Waals surface area contributed by atoms with Crippen LogP contribution in [0.4, 0.5) is 0 Å². The first kappa shape index (κ1) is 17.4. The molecule has 2 heterocycles. The summed E-state index contributed by atoms with van der Waals surface area (Å²) >= 11 is 0. The van der Waals surface area contributed by atoms with Crippen molar-refractivity contribution in [2.45, 2.75) is 25.8 Å². The average molecular weight is 330 g/mol. The van der Waals surface area contributed by atoms with Crippen LogP contribution in [0.2, 0.25) is 0 Å². The molecule has 0 aliphatic carbocycles. The van der Waals surface area contributed by atoms with Crippen molar-refractivity contribution >= 4 is 16.1 Å². The Hall–Kier alpha value is -0.960. The van der Waals surface area contributed by atoms with E-state index in [1.165, 1.54) is 0 Å². The number of carbonyl (C=O) groups excluding carboxylic acids is 1. The molecule has 2 saturated heterocycles. The molecule has 22 heavy (non-hydrogen) atoms. The highest BCUT2D eigenvalue weighted by atomic mass is 32.2. The minimum Gasteiger partial charge on any atom is -0.351 e. The lowest BCUT2D eigenvalue weighted by Crippen LogP contribution is -2.56. The zero-order valence-corrected chi connectivity index (χ0v) is 14.0. The van der Waals surface area contributed by atoms with Gasteiger partial charge in [0.15, 0.2) is 0 Å². The van der Waals surface area contributed by atoms with Gasteiger partial charge in [-0.15, -0.1) is 6.58 Å². The fourth-order valence-electron chi connectivity index (χ4n) is 2.89. The summed E-state index contributed by atoms with van der Waals surface area (Å²) in [5, 5.41) is 2.78. The van der Waals surface area contributed by atoms with Crippen LogP contribution >= 0.6 is 0 Å². The second kappa shape index (κ2) is 7.54. The molecule has 0 unspecified atom stereocenters. The second-order valence-corrected chi connectivity index (χ2v) is 7.69. The minimum absolute atomic E-state index is 0.0456. The van der Waals surface area contributed by atoms with Gasteiger partial charge in [-0.3, -0.25) is 9.69 Å². The topological polar surface area (TPSA) is 73.0 Å². The lowest BCUT2D eigenvalue weighted by molar-refractivity contribution is -0.126. The molecule has 0 aromatic rings. The number of amides is 1. The Morgan fingerprint density at radius 2 is 1.68 bits per heavy atom. The Labute approximate surface area is 133 Å². The number of nitrogens with zero attached hydrogens (tertiary/aromatic N) is 3. The minimum atomic E-state index is -3.32. The van der Waals surface area contributed by atoms with Crippen molar-refractivity contribution in [3.05, 3.63) is 12.7 Å². The van der Waals surface area contributed by atoms with E-state index in [-0.39, 0.29) is 11.9 Å².